The average molecular weight is 336 g/mol. The maximum absolute atomic E-state index is 11.3. The molecule has 0 saturated carbocycles. The molecule has 2 aromatic rings. The van der Waals surface area contributed by atoms with Gasteiger partial charge in [0.25, 0.3) is 0 Å². The first-order valence-corrected chi connectivity index (χ1v) is 7.96. The fourth-order valence-electron chi connectivity index (χ4n) is 2.40. The van der Waals surface area contributed by atoms with Crippen molar-refractivity contribution in [3.05, 3.63) is 65.2 Å². The summed E-state index contributed by atoms with van der Waals surface area (Å²) < 4.78 is 5.73. The number of carboxylic acid groups (broad SMARTS) is 1. The lowest BCUT2D eigenvalue weighted by Gasteiger charge is -2.11. The second kappa shape index (κ2) is 8.70. The van der Waals surface area contributed by atoms with Crippen LogP contribution in [0.4, 0.5) is 0 Å². The van der Waals surface area contributed by atoms with E-state index < -0.39 is 5.97 Å². The molecule has 0 aliphatic rings. The van der Waals surface area contributed by atoms with E-state index in [4.69, 9.17) is 9.84 Å². The number of hydrogen-bond acceptors (Lipinski definition) is 3. The van der Waals surface area contributed by atoms with Crippen LogP contribution in [0.2, 0.25) is 0 Å². The minimum Gasteiger partial charge on any atom is -0.489 e. The first kappa shape index (κ1) is 18.3. The quantitative estimate of drug-likeness (QED) is 0.612. The molecular weight excluding hydrogens is 316 g/mol. The molecular formula is C21H20O4. The molecule has 2 aromatic carbocycles. The van der Waals surface area contributed by atoms with Crippen molar-refractivity contribution in [3.63, 3.8) is 0 Å². The van der Waals surface area contributed by atoms with Gasteiger partial charge in [-0.05, 0) is 37.1 Å². The van der Waals surface area contributed by atoms with Crippen LogP contribution >= 0.6 is 0 Å². The van der Waals surface area contributed by atoms with Gasteiger partial charge < -0.3 is 9.84 Å². The van der Waals surface area contributed by atoms with Gasteiger partial charge >= 0.3 is 5.97 Å². The molecule has 0 heterocycles. The van der Waals surface area contributed by atoms with Gasteiger partial charge in [0.15, 0.2) is 5.78 Å². The summed E-state index contributed by atoms with van der Waals surface area (Å²) in [5.74, 6) is 5.23. The third kappa shape index (κ3) is 5.50. The van der Waals surface area contributed by atoms with Crippen molar-refractivity contribution in [2.24, 2.45) is 0 Å². The van der Waals surface area contributed by atoms with E-state index in [1.807, 2.05) is 36.4 Å². The lowest BCUT2D eigenvalue weighted by atomic mass is 9.96. The van der Waals surface area contributed by atoms with Crippen LogP contribution < -0.4 is 4.74 Å². The summed E-state index contributed by atoms with van der Waals surface area (Å²) >= 11 is 0. The summed E-state index contributed by atoms with van der Waals surface area (Å²) in [6.07, 6.45) is -0.0243. The van der Waals surface area contributed by atoms with E-state index in [1.54, 1.807) is 19.1 Å². The Morgan fingerprint density at radius 3 is 2.24 bits per heavy atom. The van der Waals surface area contributed by atoms with Gasteiger partial charge in [-0.15, -0.1) is 5.92 Å². The molecule has 0 radical (unpaired) electrons. The number of carbonyl (C=O) groups is 2. The number of carbonyl (C=O) groups excluding carboxylic acids is 1. The maximum atomic E-state index is 11.3. The normalized spacial score (nSPS) is 11.1. The van der Waals surface area contributed by atoms with Crippen molar-refractivity contribution in [2.45, 2.75) is 32.8 Å². The molecule has 0 amide bonds. The van der Waals surface area contributed by atoms with E-state index in [2.05, 4.69) is 11.8 Å². The molecule has 1 atom stereocenters. The highest BCUT2D eigenvalue weighted by atomic mass is 16.5. The number of ketones is 1. The summed E-state index contributed by atoms with van der Waals surface area (Å²) in [5, 5.41) is 8.98. The first-order valence-electron chi connectivity index (χ1n) is 7.96. The van der Waals surface area contributed by atoms with Gasteiger partial charge in [-0.1, -0.05) is 42.3 Å². The fourth-order valence-corrected chi connectivity index (χ4v) is 2.40. The van der Waals surface area contributed by atoms with E-state index in [-0.39, 0.29) is 18.1 Å². The minimum absolute atomic E-state index is 0.0243. The van der Waals surface area contributed by atoms with Crippen LogP contribution in [0.5, 0.6) is 5.75 Å². The Kier molecular flexibility index (Phi) is 6.36. The maximum Gasteiger partial charge on any atom is 0.304 e. The SMILES string of the molecule is CC#C[C@@H](CC(=O)O)c1ccc(OCc2ccc(C(C)=O)cc2)cc1. The van der Waals surface area contributed by atoms with Crippen molar-refractivity contribution in [3.8, 4) is 17.6 Å². The number of benzene rings is 2. The van der Waals surface area contributed by atoms with Crippen molar-refractivity contribution >= 4 is 11.8 Å². The molecule has 4 nitrogen and oxygen atoms in total. The van der Waals surface area contributed by atoms with Gasteiger partial charge in [0.05, 0.1) is 12.3 Å². The lowest BCUT2D eigenvalue weighted by molar-refractivity contribution is -0.137. The number of aliphatic carboxylic acids is 1. The lowest BCUT2D eigenvalue weighted by Crippen LogP contribution is -2.04. The zero-order chi connectivity index (χ0) is 18.2. The smallest absolute Gasteiger partial charge is 0.304 e. The number of ether oxygens (including phenoxy) is 1. The Bertz CT molecular complexity index is 793. The van der Waals surface area contributed by atoms with Crippen LogP contribution in [0.15, 0.2) is 48.5 Å². The largest absolute Gasteiger partial charge is 0.489 e. The molecule has 0 unspecified atom stereocenters. The van der Waals surface area contributed by atoms with Gasteiger partial charge in [0.2, 0.25) is 0 Å². The third-order valence-corrected chi connectivity index (χ3v) is 3.75. The Morgan fingerprint density at radius 1 is 1.08 bits per heavy atom. The van der Waals surface area contributed by atoms with E-state index in [0.717, 1.165) is 11.1 Å². The first-order chi connectivity index (χ1) is 12.0. The second-order valence-electron chi connectivity index (χ2n) is 5.66. The van der Waals surface area contributed by atoms with Crippen LogP contribution in [0.3, 0.4) is 0 Å². The number of hydrogen-bond donors (Lipinski definition) is 1. The van der Waals surface area contributed by atoms with Crippen LogP contribution in [0.25, 0.3) is 0 Å². The van der Waals surface area contributed by atoms with Crippen molar-refractivity contribution in [2.75, 3.05) is 0 Å². The summed E-state index contributed by atoms with van der Waals surface area (Å²) in [4.78, 5) is 22.2. The average Bonchev–Trinajstić information content (AvgIpc) is 2.60. The summed E-state index contributed by atoms with van der Waals surface area (Å²) in [6.45, 7) is 3.63. The molecule has 0 fully saturated rings. The van der Waals surface area contributed by atoms with Crippen LogP contribution in [0, 0.1) is 11.8 Å². The molecule has 0 aliphatic heterocycles. The Labute approximate surface area is 147 Å². The van der Waals surface area contributed by atoms with Crippen LogP contribution in [-0.4, -0.2) is 16.9 Å². The molecule has 0 aromatic heterocycles. The van der Waals surface area contributed by atoms with Crippen molar-refractivity contribution in [1.82, 2.24) is 0 Å². The van der Waals surface area contributed by atoms with Gasteiger partial charge in [0.1, 0.15) is 12.4 Å². The Morgan fingerprint density at radius 2 is 1.72 bits per heavy atom. The Balaban J connectivity index is 2.00. The van der Waals surface area contributed by atoms with E-state index in [0.29, 0.717) is 17.9 Å². The molecule has 0 aliphatic carbocycles. The molecule has 4 heteroatoms. The number of carboxylic acids is 1. The standard InChI is InChI=1S/C21H20O4/c1-3-4-19(13-21(23)24)18-9-11-20(12-10-18)25-14-16-5-7-17(8-6-16)15(2)22/h5-12,19H,13-14H2,1-2H3,(H,23,24)/t19-/m0/s1. The highest BCUT2D eigenvalue weighted by molar-refractivity contribution is 5.93. The third-order valence-electron chi connectivity index (χ3n) is 3.75. The molecule has 2 rings (SSSR count). The fraction of sp³-hybridized carbons (Fsp3) is 0.238. The van der Waals surface area contributed by atoms with Crippen LogP contribution in [-0.2, 0) is 11.4 Å². The van der Waals surface area contributed by atoms with E-state index >= 15 is 0 Å². The highest BCUT2D eigenvalue weighted by Gasteiger charge is 2.13. The molecule has 25 heavy (non-hydrogen) atoms. The predicted octanol–water partition coefficient (Wildman–Crippen LogP) is 4.05. The Hall–Kier alpha value is -3.06. The van der Waals surface area contributed by atoms with Gasteiger partial charge in [-0.2, -0.15) is 0 Å². The van der Waals surface area contributed by atoms with Crippen molar-refractivity contribution < 1.29 is 19.4 Å². The molecule has 0 saturated heterocycles. The molecule has 128 valence electrons. The zero-order valence-corrected chi connectivity index (χ0v) is 14.3. The number of rotatable bonds is 7. The van der Waals surface area contributed by atoms with Crippen molar-refractivity contribution in [1.29, 1.82) is 0 Å². The summed E-state index contributed by atoms with van der Waals surface area (Å²) in [6, 6.07) is 14.6. The van der Waals surface area contributed by atoms with Crippen LogP contribution in [0.1, 0.15) is 47.7 Å². The summed E-state index contributed by atoms with van der Waals surface area (Å²) in [7, 11) is 0. The molecule has 0 bridgehead atoms. The van der Waals surface area contributed by atoms with E-state index in [1.165, 1.54) is 6.92 Å². The minimum atomic E-state index is -0.873. The molecule has 0 spiro atoms. The summed E-state index contributed by atoms with van der Waals surface area (Å²) in [5.41, 5.74) is 2.50. The second-order valence-corrected chi connectivity index (χ2v) is 5.66. The van der Waals surface area contributed by atoms with Gasteiger partial charge in [0, 0.05) is 5.56 Å². The predicted molar refractivity (Wildman–Crippen MR) is 95.7 cm³/mol. The number of Topliss-reactive ketones (excluding diaryl/α,β-unsaturated/α-hetero) is 1. The monoisotopic (exact) mass is 336 g/mol. The van der Waals surface area contributed by atoms with E-state index in [9.17, 15) is 9.59 Å². The zero-order valence-electron chi connectivity index (χ0n) is 14.3. The highest BCUT2D eigenvalue weighted by Crippen LogP contribution is 2.22. The molecule has 1 N–H and O–H groups in total. The topological polar surface area (TPSA) is 63.6 Å². The van der Waals surface area contributed by atoms with Gasteiger partial charge in [-0.3, -0.25) is 9.59 Å². The van der Waals surface area contributed by atoms with Gasteiger partial charge in [-0.25, -0.2) is 0 Å².